The van der Waals surface area contributed by atoms with Gasteiger partial charge in [0.1, 0.15) is 11.9 Å². The van der Waals surface area contributed by atoms with E-state index in [1.165, 1.54) is 24.3 Å². The molecule has 2 aromatic rings. The molecule has 0 bridgehead atoms. The fourth-order valence-electron chi connectivity index (χ4n) is 2.62. The van der Waals surface area contributed by atoms with Crippen molar-refractivity contribution in [1.29, 1.82) is 0 Å². The van der Waals surface area contributed by atoms with Crippen LogP contribution in [-0.2, 0) is 14.8 Å². The monoisotopic (exact) mass is 392 g/mol. The Morgan fingerprint density at radius 3 is 2.30 bits per heavy atom. The van der Waals surface area contributed by atoms with Gasteiger partial charge in [-0.2, -0.15) is 4.72 Å². The summed E-state index contributed by atoms with van der Waals surface area (Å²) in [5, 5.41) is 2.63. The van der Waals surface area contributed by atoms with Gasteiger partial charge in [-0.25, -0.2) is 12.8 Å². The fourth-order valence-corrected chi connectivity index (χ4v) is 3.82. The first kappa shape index (κ1) is 21.1. The maximum absolute atomic E-state index is 13.7. The van der Waals surface area contributed by atoms with Crippen LogP contribution in [0.2, 0.25) is 0 Å². The van der Waals surface area contributed by atoms with Crippen molar-refractivity contribution in [3.63, 3.8) is 0 Å². The lowest BCUT2D eigenvalue weighted by Crippen LogP contribution is -2.44. The first-order valence-corrected chi connectivity index (χ1v) is 10.2. The highest BCUT2D eigenvalue weighted by molar-refractivity contribution is 7.89. The Kier molecular flexibility index (Phi) is 6.73. The quantitative estimate of drug-likeness (QED) is 0.753. The Hall–Kier alpha value is -2.25. The molecule has 0 heterocycles. The van der Waals surface area contributed by atoms with Gasteiger partial charge in [0.25, 0.3) is 0 Å². The average molecular weight is 392 g/mol. The molecule has 0 saturated heterocycles. The van der Waals surface area contributed by atoms with E-state index < -0.39 is 27.8 Å². The molecular formula is C20H25FN2O3S. The number of halogens is 1. The topological polar surface area (TPSA) is 75.3 Å². The molecule has 5 nitrogen and oxygen atoms in total. The minimum atomic E-state index is -3.86. The Morgan fingerprint density at radius 2 is 1.70 bits per heavy atom. The van der Waals surface area contributed by atoms with Gasteiger partial charge in [-0.1, -0.05) is 37.6 Å². The van der Waals surface area contributed by atoms with Gasteiger partial charge in [-0.3, -0.25) is 4.79 Å². The van der Waals surface area contributed by atoms with Crippen molar-refractivity contribution >= 4 is 21.6 Å². The zero-order chi connectivity index (χ0) is 20.2. The Bertz CT molecular complexity index is 909. The zero-order valence-corrected chi connectivity index (χ0v) is 16.7. The molecule has 0 aliphatic heterocycles. The van der Waals surface area contributed by atoms with E-state index in [1.807, 2.05) is 20.8 Å². The van der Waals surface area contributed by atoms with Gasteiger partial charge >= 0.3 is 0 Å². The highest BCUT2D eigenvalue weighted by atomic mass is 32.2. The summed E-state index contributed by atoms with van der Waals surface area (Å²) in [6, 6.07) is 9.79. The van der Waals surface area contributed by atoms with E-state index in [4.69, 9.17) is 0 Å². The van der Waals surface area contributed by atoms with E-state index in [2.05, 4.69) is 10.0 Å². The number of amides is 1. The lowest BCUT2D eigenvalue weighted by molar-refractivity contribution is -0.118. The standard InChI is InChI=1S/C20H25FN2O3S/c1-13(2)12-19(20(24)22-18-7-5-6-17(21)15(18)4)23-27(25,26)16-10-8-14(3)9-11-16/h5-11,13,19,23H,12H2,1-4H3,(H,22,24). The van der Waals surface area contributed by atoms with Crippen molar-refractivity contribution in [2.45, 2.75) is 45.1 Å². The lowest BCUT2D eigenvalue weighted by Gasteiger charge is -2.21. The molecule has 146 valence electrons. The van der Waals surface area contributed by atoms with Crippen LogP contribution in [0.15, 0.2) is 47.4 Å². The Labute approximate surface area is 160 Å². The number of rotatable bonds is 7. The second-order valence-electron chi connectivity index (χ2n) is 7.02. The summed E-state index contributed by atoms with van der Waals surface area (Å²) in [5.74, 6) is -0.878. The number of hydrogen-bond donors (Lipinski definition) is 2. The molecule has 7 heteroatoms. The highest BCUT2D eigenvalue weighted by Gasteiger charge is 2.27. The Balaban J connectivity index is 2.25. The van der Waals surface area contributed by atoms with Crippen molar-refractivity contribution in [2.75, 3.05) is 5.32 Å². The minimum absolute atomic E-state index is 0.0788. The summed E-state index contributed by atoms with van der Waals surface area (Å²) in [5.41, 5.74) is 1.56. The van der Waals surface area contributed by atoms with Gasteiger partial charge in [0.05, 0.1) is 4.90 Å². The van der Waals surface area contributed by atoms with E-state index in [0.717, 1.165) is 5.56 Å². The van der Waals surface area contributed by atoms with Crippen LogP contribution < -0.4 is 10.0 Å². The summed E-state index contributed by atoms with van der Waals surface area (Å²) in [6.07, 6.45) is 0.311. The van der Waals surface area contributed by atoms with Gasteiger partial charge in [0.2, 0.25) is 15.9 Å². The van der Waals surface area contributed by atoms with Crippen LogP contribution in [0.25, 0.3) is 0 Å². The van der Waals surface area contributed by atoms with Crippen molar-refractivity contribution in [3.05, 3.63) is 59.4 Å². The van der Waals surface area contributed by atoms with Crippen LogP contribution in [-0.4, -0.2) is 20.4 Å². The molecule has 2 N–H and O–H groups in total. The summed E-state index contributed by atoms with van der Waals surface area (Å²) >= 11 is 0. The number of carbonyl (C=O) groups excluding carboxylic acids is 1. The molecular weight excluding hydrogens is 367 g/mol. The average Bonchev–Trinajstić information content (AvgIpc) is 2.58. The minimum Gasteiger partial charge on any atom is -0.324 e. The van der Waals surface area contributed by atoms with Crippen LogP contribution >= 0.6 is 0 Å². The maximum atomic E-state index is 13.7. The van der Waals surface area contributed by atoms with Crippen LogP contribution in [0.3, 0.4) is 0 Å². The third-order valence-corrected chi connectivity index (χ3v) is 5.67. The highest BCUT2D eigenvalue weighted by Crippen LogP contribution is 2.19. The molecule has 1 atom stereocenters. The lowest BCUT2D eigenvalue weighted by atomic mass is 10.0. The molecule has 1 unspecified atom stereocenters. The molecule has 0 aliphatic carbocycles. The smallest absolute Gasteiger partial charge is 0.242 e. The molecule has 1 amide bonds. The van der Waals surface area contributed by atoms with Crippen molar-refractivity contribution in [1.82, 2.24) is 4.72 Å². The molecule has 2 aromatic carbocycles. The van der Waals surface area contributed by atoms with Crippen LogP contribution in [0.4, 0.5) is 10.1 Å². The molecule has 0 aliphatic rings. The van der Waals surface area contributed by atoms with Gasteiger partial charge in [-0.05, 0) is 50.5 Å². The van der Waals surface area contributed by atoms with Crippen molar-refractivity contribution < 1.29 is 17.6 Å². The second kappa shape index (κ2) is 8.63. The van der Waals surface area contributed by atoms with E-state index in [9.17, 15) is 17.6 Å². The predicted molar refractivity (Wildman–Crippen MR) is 105 cm³/mol. The normalized spacial score (nSPS) is 12.8. The van der Waals surface area contributed by atoms with Gasteiger partial charge in [-0.15, -0.1) is 0 Å². The number of nitrogens with one attached hydrogen (secondary N) is 2. The second-order valence-corrected chi connectivity index (χ2v) is 8.73. The number of hydrogen-bond acceptors (Lipinski definition) is 3. The van der Waals surface area contributed by atoms with Gasteiger partial charge in [0, 0.05) is 11.3 Å². The molecule has 27 heavy (non-hydrogen) atoms. The van der Waals surface area contributed by atoms with E-state index in [0.29, 0.717) is 17.7 Å². The molecule has 0 fully saturated rings. The summed E-state index contributed by atoms with van der Waals surface area (Å²) in [4.78, 5) is 12.8. The number of carbonyl (C=O) groups is 1. The summed E-state index contributed by atoms with van der Waals surface area (Å²) in [6.45, 7) is 7.21. The molecule has 0 radical (unpaired) electrons. The predicted octanol–water partition coefficient (Wildman–Crippen LogP) is 3.77. The number of anilines is 1. The molecule has 2 rings (SSSR count). The van der Waals surface area contributed by atoms with E-state index >= 15 is 0 Å². The molecule has 0 aromatic heterocycles. The number of sulfonamides is 1. The van der Waals surface area contributed by atoms with E-state index in [-0.39, 0.29) is 10.8 Å². The molecule has 0 spiro atoms. The van der Waals surface area contributed by atoms with Crippen LogP contribution in [0.1, 0.15) is 31.4 Å². The van der Waals surface area contributed by atoms with E-state index in [1.54, 1.807) is 25.1 Å². The number of aryl methyl sites for hydroxylation is 1. The SMILES string of the molecule is Cc1ccc(S(=O)(=O)NC(CC(C)C)C(=O)Nc2cccc(F)c2C)cc1. The van der Waals surface area contributed by atoms with Crippen molar-refractivity contribution in [3.8, 4) is 0 Å². The number of benzene rings is 2. The summed E-state index contributed by atoms with van der Waals surface area (Å²) < 4.78 is 41.5. The van der Waals surface area contributed by atoms with Crippen molar-refractivity contribution in [2.24, 2.45) is 5.92 Å². The maximum Gasteiger partial charge on any atom is 0.242 e. The first-order chi connectivity index (χ1) is 12.6. The first-order valence-electron chi connectivity index (χ1n) is 8.75. The largest absolute Gasteiger partial charge is 0.324 e. The van der Waals surface area contributed by atoms with Gasteiger partial charge in [0.15, 0.2) is 0 Å². The summed E-state index contributed by atoms with van der Waals surface area (Å²) in [7, 11) is -3.86. The zero-order valence-electron chi connectivity index (χ0n) is 15.9. The van der Waals surface area contributed by atoms with Gasteiger partial charge < -0.3 is 5.32 Å². The fraction of sp³-hybridized carbons (Fsp3) is 0.350. The Morgan fingerprint density at radius 1 is 1.07 bits per heavy atom. The third-order valence-electron chi connectivity index (χ3n) is 4.18. The third kappa shape index (κ3) is 5.61. The van der Waals surface area contributed by atoms with Crippen LogP contribution in [0.5, 0.6) is 0 Å². The molecule has 0 saturated carbocycles. The van der Waals surface area contributed by atoms with Crippen LogP contribution in [0, 0.1) is 25.6 Å².